The van der Waals surface area contributed by atoms with Crippen molar-refractivity contribution in [2.24, 2.45) is 5.92 Å². The Balaban J connectivity index is 1.33. The van der Waals surface area contributed by atoms with Gasteiger partial charge in [-0.1, -0.05) is 30.1 Å². The van der Waals surface area contributed by atoms with Crippen molar-refractivity contribution in [1.29, 1.82) is 0 Å². The van der Waals surface area contributed by atoms with E-state index in [0.717, 1.165) is 17.7 Å². The molecule has 2 fully saturated rings. The number of hydrogen-bond donors (Lipinski definition) is 1. The van der Waals surface area contributed by atoms with Gasteiger partial charge in [0.15, 0.2) is 0 Å². The molecule has 3 aromatic rings. The number of nitrogens with zero attached hydrogens (tertiary/aromatic N) is 4. The summed E-state index contributed by atoms with van der Waals surface area (Å²) in [4.78, 5) is 47.2. The number of rotatable bonds is 9. The molecule has 0 radical (unpaired) electrons. The van der Waals surface area contributed by atoms with Crippen LogP contribution in [0.5, 0.6) is 11.5 Å². The van der Waals surface area contributed by atoms with Gasteiger partial charge in [-0.05, 0) is 56.2 Å². The first-order valence-electron chi connectivity index (χ1n) is 13.1. The molecule has 0 bridgehead atoms. The number of para-hydroxylation sites is 2. The number of amides is 4. The van der Waals surface area contributed by atoms with Crippen molar-refractivity contribution in [3.63, 3.8) is 0 Å². The fourth-order valence-electron chi connectivity index (χ4n) is 5.20. The first kappa shape index (κ1) is 26.2. The molecule has 4 amide bonds. The van der Waals surface area contributed by atoms with Crippen LogP contribution in [-0.4, -0.2) is 64.1 Å². The highest BCUT2D eigenvalue weighted by atomic mass is 16.5. The van der Waals surface area contributed by atoms with Crippen LogP contribution in [0, 0.1) is 5.92 Å². The predicted molar refractivity (Wildman–Crippen MR) is 141 cm³/mol. The molecule has 39 heavy (non-hydrogen) atoms. The van der Waals surface area contributed by atoms with Crippen molar-refractivity contribution >= 4 is 23.5 Å². The number of fused-ring (bicyclic) bond motifs is 1. The lowest BCUT2D eigenvalue weighted by Crippen LogP contribution is -2.63. The predicted octanol–water partition coefficient (Wildman–Crippen LogP) is 4.11. The van der Waals surface area contributed by atoms with Gasteiger partial charge >= 0.3 is 6.03 Å². The summed E-state index contributed by atoms with van der Waals surface area (Å²) in [5.74, 6) is 0.690. The first-order valence-corrected chi connectivity index (χ1v) is 13.1. The number of ether oxygens (including phenoxy) is 2. The van der Waals surface area contributed by atoms with Crippen LogP contribution in [0.3, 0.4) is 0 Å². The maximum Gasteiger partial charge on any atom is 0.327 e. The lowest BCUT2D eigenvalue weighted by atomic mass is 9.81. The Kier molecular flexibility index (Phi) is 7.76. The van der Waals surface area contributed by atoms with Gasteiger partial charge in [-0.3, -0.25) is 14.5 Å². The number of aromatic nitrogens is 2. The van der Waals surface area contributed by atoms with E-state index in [-0.39, 0.29) is 42.8 Å². The number of carbonyl (C=O) groups excluding carboxylic acids is 3. The topological polar surface area (TPSA) is 127 Å². The van der Waals surface area contributed by atoms with Crippen LogP contribution in [0.2, 0.25) is 0 Å². The average Bonchev–Trinajstić information content (AvgIpc) is 3.43. The Morgan fingerprint density at radius 2 is 1.87 bits per heavy atom. The van der Waals surface area contributed by atoms with Gasteiger partial charge in [-0.25, -0.2) is 4.79 Å². The lowest BCUT2D eigenvalue weighted by Gasteiger charge is -2.46. The smallest absolute Gasteiger partial charge is 0.327 e. The van der Waals surface area contributed by atoms with E-state index in [2.05, 4.69) is 15.5 Å². The van der Waals surface area contributed by atoms with Crippen LogP contribution >= 0.6 is 0 Å². The number of benzene rings is 2. The molecule has 11 heteroatoms. The van der Waals surface area contributed by atoms with Crippen LogP contribution in [-0.2, 0) is 16.1 Å². The van der Waals surface area contributed by atoms with Gasteiger partial charge in [0.05, 0.1) is 25.3 Å². The lowest BCUT2D eigenvalue weighted by molar-refractivity contribution is -0.142. The minimum Gasteiger partial charge on any atom is -0.497 e. The zero-order valence-electron chi connectivity index (χ0n) is 22.0. The fourth-order valence-corrected chi connectivity index (χ4v) is 5.20. The van der Waals surface area contributed by atoms with E-state index in [4.69, 9.17) is 14.0 Å². The molecule has 2 unspecified atom stereocenters. The summed E-state index contributed by atoms with van der Waals surface area (Å²) in [7, 11) is 1.58. The number of carbonyl (C=O) groups is 3. The summed E-state index contributed by atoms with van der Waals surface area (Å²) in [6.07, 6.45) is 3.10. The van der Waals surface area contributed by atoms with Gasteiger partial charge in [0.1, 0.15) is 24.6 Å². The molecule has 204 valence electrons. The van der Waals surface area contributed by atoms with Gasteiger partial charge in [-0.15, -0.1) is 0 Å². The van der Waals surface area contributed by atoms with E-state index < -0.39 is 6.03 Å². The number of hydrogen-bond acceptors (Lipinski definition) is 8. The van der Waals surface area contributed by atoms with E-state index in [1.165, 1.54) is 4.90 Å². The second-order valence-corrected chi connectivity index (χ2v) is 9.51. The average molecular weight is 534 g/mol. The summed E-state index contributed by atoms with van der Waals surface area (Å²) in [5.41, 5.74) is 1.24. The zero-order valence-corrected chi connectivity index (χ0v) is 22.0. The number of urea groups is 1. The summed E-state index contributed by atoms with van der Waals surface area (Å²) in [5, 5.41) is 6.86. The highest BCUT2D eigenvalue weighted by Crippen LogP contribution is 2.35. The molecule has 1 saturated carbocycles. The zero-order chi connectivity index (χ0) is 27.4. The number of anilines is 1. The number of nitrogens with one attached hydrogen (secondary N) is 1. The van der Waals surface area contributed by atoms with Crippen molar-refractivity contribution in [2.45, 2.75) is 45.2 Å². The third-order valence-electron chi connectivity index (χ3n) is 7.07. The Hall–Kier alpha value is -4.41. The highest BCUT2D eigenvalue weighted by Gasteiger charge is 2.47. The Bertz CT molecular complexity index is 1340. The second-order valence-electron chi connectivity index (χ2n) is 9.51. The van der Waals surface area contributed by atoms with Crippen molar-refractivity contribution in [3.05, 3.63) is 54.4 Å². The van der Waals surface area contributed by atoms with Gasteiger partial charge in [0, 0.05) is 11.6 Å². The Morgan fingerprint density at radius 3 is 2.64 bits per heavy atom. The standard InChI is InChI=1S/C28H31N5O6/c1-3-38-23-11-7-5-9-21(23)29-24(34)16-32-22-10-6-4-8-20(22)27(35)33(28(32)36)17-25-30-26(31-39-25)18-12-14-19(37-2)15-13-18/h5,7,9,11-15,20,22H,3-4,6,8,10,16-17H2,1-2H3,(H,29,34). The molecular weight excluding hydrogens is 502 g/mol. The molecule has 5 rings (SSSR count). The largest absolute Gasteiger partial charge is 0.497 e. The second kappa shape index (κ2) is 11.5. The molecular formula is C28H31N5O6. The van der Waals surface area contributed by atoms with E-state index in [1.807, 2.05) is 13.0 Å². The quantitative estimate of drug-likeness (QED) is 0.435. The fraction of sp³-hybridized carbons (Fsp3) is 0.393. The van der Waals surface area contributed by atoms with Gasteiger partial charge < -0.3 is 24.2 Å². The molecule has 0 spiro atoms. The summed E-state index contributed by atoms with van der Waals surface area (Å²) in [6.45, 7) is 1.96. The third-order valence-corrected chi connectivity index (χ3v) is 7.07. The maximum absolute atomic E-state index is 13.6. The third kappa shape index (κ3) is 5.57. The van der Waals surface area contributed by atoms with E-state index >= 15 is 0 Å². The molecule has 2 atom stereocenters. The van der Waals surface area contributed by atoms with Crippen LogP contribution < -0.4 is 14.8 Å². The molecule has 1 aliphatic heterocycles. The molecule has 2 heterocycles. The van der Waals surface area contributed by atoms with E-state index in [9.17, 15) is 14.4 Å². The van der Waals surface area contributed by atoms with Gasteiger partial charge in [0.2, 0.25) is 23.5 Å². The summed E-state index contributed by atoms with van der Waals surface area (Å²) >= 11 is 0. The highest BCUT2D eigenvalue weighted by molar-refractivity contribution is 6.01. The van der Waals surface area contributed by atoms with E-state index in [1.54, 1.807) is 49.6 Å². The Morgan fingerprint density at radius 1 is 1.10 bits per heavy atom. The maximum atomic E-state index is 13.6. The van der Waals surface area contributed by atoms with Gasteiger partial charge in [0.25, 0.3) is 0 Å². The van der Waals surface area contributed by atoms with Crippen molar-refractivity contribution in [3.8, 4) is 22.9 Å². The summed E-state index contributed by atoms with van der Waals surface area (Å²) in [6, 6.07) is 13.4. The minimum atomic E-state index is -0.541. The molecule has 1 N–H and O–H groups in total. The van der Waals surface area contributed by atoms with Crippen molar-refractivity contribution in [1.82, 2.24) is 19.9 Å². The summed E-state index contributed by atoms with van der Waals surface area (Å²) < 4.78 is 16.2. The van der Waals surface area contributed by atoms with Gasteiger partial charge in [-0.2, -0.15) is 4.98 Å². The molecule has 1 aromatic heterocycles. The molecule has 2 aromatic carbocycles. The Labute approximate surface area is 226 Å². The molecule has 1 saturated heterocycles. The minimum absolute atomic E-state index is 0.131. The first-order chi connectivity index (χ1) is 19.0. The monoisotopic (exact) mass is 533 g/mol. The van der Waals surface area contributed by atoms with Crippen LogP contribution in [0.25, 0.3) is 11.4 Å². The molecule has 1 aliphatic carbocycles. The number of imide groups is 1. The van der Waals surface area contributed by atoms with Crippen LogP contribution in [0.4, 0.5) is 10.5 Å². The van der Waals surface area contributed by atoms with E-state index in [0.29, 0.717) is 48.0 Å². The molecule has 2 aliphatic rings. The SMILES string of the molecule is CCOc1ccccc1NC(=O)CN1C(=O)N(Cc2nc(-c3ccc(OC)cc3)no2)C(=O)C2CCCCC21. The number of methoxy groups -OCH3 is 1. The van der Waals surface area contributed by atoms with Crippen molar-refractivity contribution < 1.29 is 28.4 Å². The van der Waals surface area contributed by atoms with Crippen LogP contribution in [0.1, 0.15) is 38.5 Å². The van der Waals surface area contributed by atoms with Crippen molar-refractivity contribution in [2.75, 3.05) is 25.6 Å². The van der Waals surface area contributed by atoms with Crippen LogP contribution in [0.15, 0.2) is 53.1 Å². The molecule has 11 nitrogen and oxygen atoms in total. The normalized spacial score (nSPS) is 19.0.